The van der Waals surface area contributed by atoms with Gasteiger partial charge in [-0.05, 0) is 50.1 Å². The van der Waals surface area contributed by atoms with Crippen molar-refractivity contribution < 1.29 is 23.9 Å². The molecular weight excluding hydrogens is 436 g/mol. The van der Waals surface area contributed by atoms with Gasteiger partial charge in [0.1, 0.15) is 0 Å². The van der Waals surface area contributed by atoms with Gasteiger partial charge in [0.25, 0.3) is 5.69 Å². The summed E-state index contributed by atoms with van der Waals surface area (Å²) in [6.07, 6.45) is 3.39. The molecule has 2 aromatic rings. The van der Waals surface area contributed by atoms with Crippen LogP contribution in [0.4, 0.5) is 5.69 Å². The van der Waals surface area contributed by atoms with Crippen molar-refractivity contribution in [3.05, 3.63) is 67.9 Å². The highest BCUT2D eigenvalue weighted by molar-refractivity contribution is 6.32. The van der Waals surface area contributed by atoms with Gasteiger partial charge in [0, 0.05) is 17.2 Å². The third-order valence-electron chi connectivity index (χ3n) is 4.73. The number of esters is 1. The van der Waals surface area contributed by atoms with Crippen molar-refractivity contribution in [1.82, 2.24) is 0 Å². The lowest BCUT2D eigenvalue weighted by Crippen LogP contribution is -2.08. The molecule has 0 N–H and O–H groups in total. The quantitative estimate of drug-likeness (QED) is 0.162. The largest absolute Gasteiger partial charge is 0.490 e. The minimum Gasteiger partial charge on any atom is -0.490 e. The van der Waals surface area contributed by atoms with E-state index in [1.165, 1.54) is 18.2 Å². The Morgan fingerprint density at radius 3 is 2.72 bits per heavy atom. The molecule has 8 nitrogen and oxygen atoms in total. The average molecular weight is 459 g/mol. The number of nitro benzene ring substituents is 1. The smallest absolute Gasteiger partial charge is 0.363 e. The van der Waals surface area contributed by atoms with Crippen LogP contribution in [0.3, 0.4) is 0 Å². The van der Waals surface area contributed by atoms with Gasteiger partial charge in [-0.1, -0.05) is 31.0 Å². The summed E-state index contributed by atoms with van der Waals surface area (Å²) in [7, 11) is 0. The standard InChI is InChI=1S/C23H23ClN2O6/c1-4-6-10-31-21-17(24)11-15(13-20(21)30-5-2)12-18-23(27)32-22(25-18)16-8-7-9-19(14(16)3)26(28)29/h7-9,11-13H,4-6,10H2,1-3H3/b18-12-. The summed E-state index contributed by atoms with van der Waals surface area (Å²) in [6.45, 7) is 6.42. The van der Waals surface area contributed by atoms with E-state index >= 15 is 0 Å². The summed E-state index contributed by atoms with van der Waals surface area (Å²) >= 11 is 6.41. The summed E-state index contributed by atoms with van der Waals surface area (Å²) in [5, 5.41) is 11.5. The number of carbonyl (C=O) groups is 1. The first-order valence-corrected chi connectivity index (χ1v) is 10.6. The van der Waals surface area contributed by atoms with Crippen molar-refractivity contribution in [2.75, 3.05) is 13.2 Å². The second kappa shape index (κ2) is 10.3. The highest BCUT2D eigenvalue weighted by atomic mass is 35.5. The number of aliphatic imine (C=N–C) groups is 1. The summed E-state index contributed by atoms with van der Waals surface area (Å²) < 4.78 is 16.7. The zero-order valence-corrected chi connectivity index (χ0v) is 18.8. The van der Waals surface area contributed by atoms with Gasteiger partial charge in [-0.25, -0.2) is 9.79 Å². The third-order valence-corrected chi connectivity index (χ3v) is 5.01. The fourth-order valence-corrected chi connectivity index (χ4v) is 3.40. The predicted octanol–water partition coefficient (Wildman–Crippen LogP) is 5.48. The molecule has 0 spiro atoms. The molecule has 0 aromatic heterocycles. The number of hydrogen-bond donors (Lipinski definition) is 0. The molecule has 9 heteroatoms. The lowest BCUT2D eigenvalue weighted by Gasteiger charge is -2.14. The Morgan fingerprint density at radius 1 is 1.25 bits per heavy atom. The van der Waals surface area contributed by atoms with Crippen LogP contribution in [-0.2, 0) is 9.53 Å². The number of cyclic esters (lactones) is 1. The van der Waals surface area contributed by atoms with E-state index in [9.17, 15) is 14.9 Å². The molecule has 0 aliphatic carbocycles. The zero-order valence-electron chi connectivity index (χ0n) is 18.0. The second-order valence-corrected chi connectivity index (χ2v) is 7.42. The second-order valence-electron chi connectivity index (χ2n) is 7.01. The number of hydrogen-bond acceptors (Lipinski definition) is 7. The molecule has 0 unspecified atom stereocenters. The van der Waals surface area contributed by atoms with Crippen molar-refractivity contribution >= 4 is 35.2 Å². The number of unbranched alkanes of at least 4 members (excludes halogenated alkanes) is 1. The van der Waals surface area contributed by atoms with E-state index < -0.39 is 10.9 Å². The number of benzene rings is 2. The Bertz CT molecular complexity index is 1110. The Balaban J connectivity index is 1.96. The van der Waals surface area contributed by atoms with Gasteiger partial charge < -0.3 is 14.2 Å². The number of halogens is 1. The molecule has 1 heterocycles. The van der Waals surface area contributed by atoms with E-state index in [1.807, 2.05) is 6.92 Å². The molecular formula is C23H23ClN2O6. The van der Waals surface area contributed by atoms with Crippen molar-refractivity contribution in [1.29, 1.82) is 0 Å². The van der Waals surface area contributed by atoms with Crippen LogP contribution in [0.25, 0.3) is 6.08 Å². The fraction of sp³-hybridized carbons (Fsp3) is 0.304. The molecule has 0 radical (unpaired) electrons. The first kappa shape index (κ1) is 23.3. The van der Waals surface area contributed by atoms with Crippen LogP contribution in [0, 0.1) is 17.0 Å². The van der Waals surface area contributed by atoms with E-state index in [0.29, 0.717) is 46.4 Å². The monoisotopic (exact) mass is 458 g/mol. The molecule has 0 saturated heterocycles. The number of carbonyl (C=O) groups excluding carboxylic acids is 1. The third kappa shape index (κ3) is 5.08. The van der Waals surface area contributed by atoms with Gasteiger partial charge in [-0.3, -0.25) is 10.1 Å². The minimum atomic E-state index is -0.664. The van der Waals surface area contributed by atoms with Crippen LogP contribution < -0.4 is 9.47 Å². The number of nitrogens with zero attached hydrogens (tertiary/aromatic N) is 2. The first-order chi connectivity index (χ1) is 15.3. The minimum absolute atomic E-state index is 0.0121. The van der Waals surface area contributed by atoms with Gasteiger partial charge in [0.05, 0.1) is 23.2 Å². The van der Waals surface area contributed by atoms with Crippen LogP contribution >= 0.6 is 11.6 Å². The topological polar surface area (TPSA) is 100 Å². The Kier molecular flexibility index (Phi) is 7.48. The molecule has 0 saturated carbocycles. The Morgan fingerprint density at radius 2 is 2.03 bits per heavy atom. The van der Waals surface area contributed by atoms with Crippen LogP contribution in [0.5, 0.6) is 11.5 Å². The number of nitro groups is 1. The zero-order chi connectivity index (χ0) is 23.3. The van der Waals surface area contributed by atoms with E-state index in [4.69, 9.17) is 25.8 Å². The van der Waals surface area contributed by atoms with E-state index in [0.717, 1.165) is 12.8 Å². The van der Waals surface area contributed by atoms with E-state index in [1.54, 1.807) is 25.1 Å². The van der Waals surface area contributed by atoms with Crippen molar-refractivity contribution in [3.8, 4) is 11.5 Å². The highest BCUT2D eigenvalue weighted by Crippen LogP contribution is 2.38. The maximum atomic E-state index is 12.4. The maximum absolute atomic E-state index is 12.4. The molecule has 168 valence electrons. The molecule has 0 bridgehead atoms. The molecule has 1 aliphatic rings. The molecule has 1 aliphatic heterocycles. The molecule has 0 atom stereocenters. The SMILES string of the molecule is CCCCOc1c(Cl)cc(/C=C2\N=C(c3cccc([N+](=O)[O-])c3C)OC2=O)cc1OCC. The molecule has 2 aromatic carbocycles. The summed E-state index contributed by atoms with van der Waals surface area (Å²) in [6, 6.07) is 7.88. The molecule has 0 amide bonds. The maximum Gasteiger partial charge on any atom is 0.363 e. The molecule has 3 rings (SSSR count). The first-order valence-electron chi connectivity index (χ1n) is 10.2. The van der Waals surface area contributed by atoms with Crippen LogP contribution in [-0.4, -0.2) is 30.0 Å². The van der Waals surface area contributed by atoms with Crippen molar-refractivity contribution in [2.45, 2.75) is 33.6 Å². The molecule has 0 fully saturated rings. The summed E-state index contributed by atoms with van der Waals surface area (Å²) in [4.78, 5) is 27.4. The predicted molar refractivity (Wildman–Crippen MR) is 121 cm³/mol. The average Bonchev–Trinajstić information content (AvgIpc) is 3.10. The highest BCUT2D eigenvalue weighted by Gasteiger charge is 2.27. The normalized spacial score (nSPS) is 14.3. The van der Waals surface area contributed by atoms with Crippen molar-refractivity contribution in [2.24, 2.45) is 4.99 Å². The number of ether oxygens (including phenoxy) is 3. The van der Waals surface area contributed by atoms with Crippen LogP contribution in [0.15, 0.2) is 41.0 Å². The van der Waals surface area contributed by atoms with Gasteiger partial charge in [-0.15, -0.1) is 0 Å². The van der Waals surface area contributed by atoms with E-state index in [-0.39, 0.29) is 17.3 Å². The van der Waals surface area contributed by atoms with Crippen molar-refractivity contribution in [3.63, 3.8) is 0 Å². The van der Waals surface area contributed by atoms with Gasteiger partial charge in [0.15, 0.2) is 17.2 Å². The van der Waals surface area contributed by atoms with Gasteiger partial charge in [0.2, 0.25) is 5.90 Å². The number of rotatable bonds is 9. The fourth-order valence-electron chi connectivity index (χ4n) is 3.13. The van der Waals surface area contributed by atoms with Crippen LogP contribution in [0.1, 0.15) is 43.4 Å². The summed E-state index contributed by atoms with van der Waals surface area (Å²) in [5.41, 5.74) is 1.28. The lowest BCUT2D eigenvalue weighted by molar-refractivity contribution is -0.385. The summed E-state index contributed by atoms with van der Waals surface area (Å²) in [5.74, 6) is 0.268. The Hall–Kier alpha value is -3.39. The van der Waals surface area contributed by atoms with Gasteiger partial charge in [-0.2, -0.15) is 0 Å². The lowest BCUT2D eigenvalue weighted by atomic mass is 10.1. The Labute approximate surface area is 190 Å². The molecule has 32 heavy (non-hydrogen) atoms. The van der Waals surface area contributed by atoms with Gasteiger partial charge >= 0.3 is 5.97 Å². The van der Waals surface area contributed by atoms with E-state index in [2.05, 4.69) is 11.9 Å². The van der Waals surface area contributed by atoms with Crippen LogP contribution in [0.2, 0.25) is 5.02 Å².